The summed E-state index contributed by atoms with van der Waals surface area (Å²) >= 11 is 0. The van der Waals surface area contributed by atoms with Gasteiger partial charge in [-0.1, -0.05) is 74.7 Å². The van der Waals surface area contributed by atoms with E-state index in [1.807, 2.05) is 30.4 Å². The van der Waals surface area contributed by atoms with Crippen molar-refractivity contribution in [1.82, 2.24) is 0 Å². The second-order valence-corrected chi connectivity index (χ2v) is 6.94. The first-order valence-corrected chi connectivity index (χ1v) is 9.19. The molecule has 0 fully saturated rings. The third-order valence-corrected chi connectivity index (χ3v) is 5.22. The molecular formula is C23H24F2O. The fraction of sp³-hybridized carbons (Fsp3) is 0.304. The van der Waals surface area contributed by atoms with Gasteiger partial charge in [0.15, 0.2) is 11.6 Å². The first kappa shape index (κ1) is 18.4. The van der Waals surface area contributed by atoms with Gasteiger partial charge in [0.2, 0.25) is 5.82 Å². The Morgan fingerprint density at radius 3 is 2.42 bits per heavy atom. The lowest BCUT2D eigenvalue weighted by Crippen LogP contribution is -2.24. The predicted molar refractivity (Wildman–Crippen MR) is 102 cm³/mol. The van der Waals surface area contributed by atoms with Crippen molar-refractivity contribution in [2.75, 3.05) is 0 Å². The summed E-state index contributed by atoms with van der Waals surface area (Å²) in [6.45, 7) is 2.19. The van der Waals surface area contributed by atoms with Crippen LogP contribution in [0.15, 0.2) is 60.7 Å². The van der Waals surface area contributed by atoms with Crippen molar-refractivity contribution in [3.63, 3.8) is 0 Å². The van der Waals surface area contributed by atoms with Crippen LogP contribution >= 0.6 is 0 Å². The zero-order valence-electron chi connectivity index (χ0n) is 15.0. The highest BCUT2D eigenvalue weighted by atomic mass is 19.2. The molecule has 0 aliphatic heterocycles. The average Bonchev–Trinajstić information content (AvgIpc) is 2.68. The molecule has 136 valence electrons. The molecule has 1 nitrogen and oxygen atoms in total. The molecule has 0 saturated carbocycles. The summed E-state index contributed by atoms with van der Waals surface area (Å²) in [6, 6.07) is 13.0. The van der Waals surface area contributed by atoms with Crippen LogP contribution < -0.4 is 0 Å². The molecular weight excluding hydrogens is 330 g/mol. The topological polar surface area (TPSA) is 20.2 Å². The molecule has 1 aliphatic rings. The Morgan fingerprint density at radius 1 is 1.00 bits per heavy atom. The molecule has 0 aromatic heterocycles. The predicted octanol–water partition coefficient (Wildman–Crippen LogP) is 6.53. The largest absolute Gasteiger partial charge is 0.505 e. The summed E-state index contributed by atoms with van der Waals surface area (Å²) in [6.07, 6.45) is 11.2. The van der Waals surface area contributed by atoms with Crippen molar-refractivity contribution in [2.45, 2.75) is 44.4 Å². The van der Waals surface area contributed by atoms with E-state index >= 15 is 0 Å². The van der Waals surface area contributed by atoms with Gasteiger partial charge in [0, 0.05) is 11.0 Å². The van der Waals surface area contributed by atoms with Gasteiger partial charge in [-0.2, -0.15) is 4.39 Å². The number of phenols is 1. The maximum absolute atomic E-state index is 14.2. The molecule has 0 saturated heterocycles. The molecule has 2 aromatic rings. The molecule has 1 atom stereocenters. The van der Waals surface area contributed by atoms with Crippen molar-refractivity contribution in [3.8, 4) is 5.75 Å². The number of rotatable bonds is 6. The lowest BCUT2D eigenvalue weighted by molar-refractivity contribution is 0.406. The SMILES string of the molecule is CCCCCC1(c2ccccc2)C=CC(c2ccc(O)c(F)c2F)=CC1. The molecule has 0 radical (unpaired) electrons. The number of allylic oxidation sites excluding steroid dienone is 4. The highest BCUT2D eigenvalue weighted by Gasteiger charge is 2.30. The van der Waals surface area contributed by atoms with Gasteiger partial charge in [0.05, 0.1) is 0 Å². The van der Waals surface area contributed by atoms with Gasteiger partial charge in [-0.05, 0) is 36.1 Å². The Hall–Kier alpha value is -2.42. The summed E-state index contributed by atoms with van der Waals surface area (Å²) in [5.41, 5.74) is 1.99. The number of phenolic OH excluding ortho intramolecular Hbond substituents is 1. The molecule has 1 unspecified atom stereocenters. The van der Waals surface area contributed by atoms with E-state index < -0.39 is 17.4 Å². The summed E-state index contributed by atoms with van der Waals surface area (Å²) in [5.74, 6) is -2.86. The summed E-state index contributed by atoms with van der Waals surface area (Å²) < 4.78 is 27.9. The van der Waals surface area contributed by atoms with Gasteiger partial charge < -0.3 is 5.11 Å². The van der Waals surface area contributed by atoms with Gasteiger partial charge in [-0.25, -0.2) is 4.39 Å². The van der Waals surface area contributed by atoms with Gasteiger partial charge in [0.25, 0.3) is 0 Å². The molecule has 0 spiro atoms. The molecule has 1 aliphatic carbocycles. The van der Waals surface area contributed by atoms with Crippen LogP contribution in [-0.4, -0.2) is 5.11 Å². The van der Waals surface area contributed by atoms with Crippen molar-refractivity contribution < 1.29 is 13.9 Å². The second-order valence-electron chi connectivity index (χ2n) is 6.94. The first-order valence-electron chi connectivity index (χ1n) is 9.19. The van der Waals surface area contributed by atoms with E-state index in [0.29, 0.717) is 5.57 Å². The van der Waals surface area contributed by atoms with Crippen LogP contribution in [0.4, 0.5) is 8.78 Å². The van der Waals surface area contributed by atoms with E-state index in [4.69, 9.17) is 0 Å². The number of benzene rings is 2. The fourth-order valence-electron chi connectivity index (χ4n) is 3.64. The van der Waals surface area contributed by atoms with E-state index in [1.165, 1.54) is 24.1 Å². The monoisotopic (exact) mass is 354 g/mol. The zero-order chi connectivity index (χ0) is 18.6. The second kappa shape index (κ2) is 7.86. The Morgan fingerprint density at radius 2 is 1.77 bits per heavy atom. The van der Waals surface area contributed by atoms with Crippen molar-refractivity contribution in [3.05, 3.63) is 83.5 Å². The lowest BCUT2D eigenvalue weighted by Gasteiger charge is -2.33. The van der Waals surface area contributed by atoms with Crippen LogP contribution in [0.1, 0.15) is 50.2 Å². The molecule has 3 rings (SSSR count). The van der Waals surface area contributed by atoms with E-state index in [1.54, 1.807) is 0 Å². The molecule has 0 amide bonds. The summed E-state index contributed by atoms with van der Waals surface area (Å²) in [5, 5.41) is 9.32. The zero-order valence-corrected chi connectivity index (χ0v) is 15.0. The quantitative estimate of drug-likeness (QED) is 0.585. The molecule has 0 heterocycles. The van der Waals surface area contributed by atoms with E-state index in [0.717, 1.165) is 25.7 Å². The number of hydrogen-bond acceptors (Lipinski definition) is 1. The lowest BCUT2D eigenvalue weighted by atomic mass is 9.70. The Labute approximate surface area is 153 Å². The van der Waals surface area contributed by atoms with E-state index in [2.05, 4.69) is 25.1 Å². The smallest absolute Gasteiger partial charge is 0.200 e. The minimum Gasteiger partial charge on any atom is -0.505 e. The minimum atomic E-state index is -1.19. The van der Waals surface area contributed by atoms with E-state index in [9.17, 15) is 13.9 Å². The van der Waals surface area contributed by atoms with Gasteiger partial charge in [-0.15, -0.1) is 0 Å². The maximum Gasteiger partial charge on any atom is 0.200 e. The number of halogens is 2. The van der Waals surface area contributed by atoms with Crippen LogP contribution in [0, 0.1) is 11.6 Å². The van der Waals surface area contributed by atoms with Gasteiger partial charge >= 0.3 is 0 Å². The summed E-state index contributed by atoms with van der Waals surface area (Å²) in [7, 11) is 0. The first-order chi connectivity index (χ1) is 12.6. The third-order valence-electron chi connectivity index (χ3n) is 5.22. The Balaban J connectivity index is 1.91. The van der Waals surface area contributed by atoms with Crippen LogP contribution in [0.3, 0.4) is 0 Å². The molecule has 0 bridgehead atoms. The van der Waals surface area contributed by atoms with Crippen LogP contribution in [0.2, 0.25) is 0 Å². The minimum absolute atomic E-state index is 0.105. The third kappa shape index (κ3) is 3.57. The van der Waals surface area contributed by atoms with Crippen LogP contribution in [0.5, 0.6) is 5.75 Å². The number of aromatic hydroxyl groups is 1. The van der Waals surface area contributed by atoms with Crippen LogP contribution in [-0.2, 0) is 5.41 Å². The van der Waals surface area contributed by atoms with E-state index in [-0.39, 0.29) is 11.0 Å². The molecule has 2 aromatic carbocycles. The standard InChI is InChI=1S/C23H24F2O/c1-2-3-7-14-23(18-8-5-4-6-9-18)15-12-17(13-16-23)19-10-11-20(26)22(25)21(19)24/h4-6,8-13,15,26H,2-3,7,14,16H2,1H3. The number of hydrogen-bond donors (Lipinski definition) is 1. The highest BCUT2D eigenvalue weighted by molar-refractivity contribution is 5.76. The summed E-state index contributed by atoms with van der Waals surface area (Å²) in [4.78, 5) is 0. The molecule has 26 heavy (non-hydrogen) atoms. The highest BCUT2D eigenvalue weighted by Crippen LogP contribution is 2.41. The number of unbranched alkanes of at least 4 members (excludes halogenated alkanes) is 2. The maximum atomic E-state index is 14.2. The van der Waals surface area contributed by atoms with Gasteiger partial charge in [0.1, 0.15) is 0 Å². The normalized spacial score (nSPS) is 19.4. The fourth-order valence-corrected chi connectivity index (χ4v) is 3.64. The molecule has 1 N–H and O–H groups in total. The van der Waals surface area contributed by atoms with Gasteiger partial charge in [-0.3, -0.25) is 0 Å². The van der Waals surface area contributed by atoms with Crippen LogP contribution in [0.25, 0.3) is 5.57 Å². The average molecular weight is 354 g/mol. The molecule has 3 heteroatoms. The Bertz CT molecular complexity index is 824. The Kier molecular flexibility index (Phi) is 5.55. The van der Waals surface area contributed by atoms with Crippen molar-refractivity contribution in [2.24, 2.45) is 0 Å². The van der Waals surface area contributed by atoms with Crippen molar-refractivity contribution in [1.29, 1.82) is 0 Å². The van der Waals surface area contributed by atoms with Crippen molar-refractivity contribution >= 4 is 5.57 Å².